The third-order valence-electron chi connectivity index (χ3n) is 5.35. The second kappa shape index (κ2) is 10.2. The van der Waals surface area contributed by atoms with Gasteiger partial charge in [-0.2, -0.15) is 0 Å². The number of carbonyl (C=O) groups is 1. The van der Waals surface area contributed by atoms with Crippen LogP contribution >= 0.6 is 0 Å². The Hall–Kier alpha value is -2.89. The van der Waals surface area contributed by atoms with Gasteiger partial charge in [0.2, 0.25) is 5.91 Å². The maximum Gasteiger partial charge on any atom is 0.222 e. The monoisotopic (exact) mass is 410 g/mol. The van der Waals surface area contributed by atoms with E-state index in [1.165, 1.54) is 0 Å². The molecule has 160 valence electrons. The molecule has 6 heteroatoms. The first-order valence-electron chi connectivity index (χ1n) is 10.6. The fourth-order valence-electron chi connectivity index (χ4n) is 3.58. The molecule has 1 saturated heterocycles. The zero-order chi connectivity index (χ0) is 21.5. The summed E-state index contributed by atoms with van der Waals surface area (Å²) < 4.78 is 13.9. The number of amides is 1. The van der Waals surface area contributed by atoms with E-state index in [2.05, 4.69) is 22.8 Å². The Morgan fingerprint density at radius 1 is 1.23 bits per heavy atom. The number of likely N-dealkylation sites (tertiary alicyclic amines) is 1. The number of nitrogens with one attached hydrogen (secondary N) is 2. The van der Waals surface area contributed by atoms with Gasteiger partial charge in [-0.1, -0.05) is 36.4 Å². The van der Waals surface area contributed by atoms with Crippen LogP contribution in [0.15, 0.2) is 47.5 Å². The lowest BCUT2D eigenvalue weighted by Gasteiger charge is -2.19. The van der Waals surface area contributed by atoms with Gasteiger partial charge in [0.15, 0.2) is 5.96 Å². The summed E-state index contributed by atoms with van der Waals surface area (Å²) in [6, 6.07) is 13.4. The van der Waals surface area contributed by atoms with E-state index in [0.29, 0.717) is 31.0 Å². The molecule has 2 aromatic carbocycles. The van der Waals surface area contributed by atoms with Crippen molar-refractivity contribution in [3.05, 3.63) is 70.5 Å². The quantitative estimate of drug-likeness (QED) is 0.534. The molecule has 2 N–H and O–H groups in total. The lowest BCUT2D eigenvalue weighted by Crippen LogP contribution is -2.38. The fourth-order valence-corrected chi connectivity index (χ4v) is 3.58. The molecule has 5 nitrogen and oxygen atoms in total. The predicted octanol–water partition coefficient (Wildman–Crippen LogP) is 4.07. The fraction of sp³-hybridized carbons (Fsp3) is 0.417. The Bertz CT molecular complexity index is 912. The molecular formula is C24H31FN4O. The van der Waals surface area contributed by atoms with E-state index in [1.54, 1.807) is 19.1 Å². The van der Waals surface area contributed by atoms with Crippen LogP contribution < -0.4 is 10.6 Å². The first kappa shape index (κ1) is 21.8. The van der Waals surface area contributed by atoms with Gasteiger partial charge < -0.3 is 15.5 Å². The number of nitrogens with zero attached hydrogens (tertiary/aromatic N) is 2. The number of halogens is 1. The molecule has 1 aliphatic rings. The molecule has 1 unspecified atom stereocenters. The molecule has 1 atom stereocenters. The van der Waals surface area contributed by atoms with E-state index in [-0.39, 0.29) is 17.8 Å². The Balaban J connectivity index is 1.65. The summed E-state index contributed by atoms with van der Waals surface area (Å²) >= 11 is 0. The summed E-state index contributed by atoms with van der Waals surface area (Å²) in [5, 5.41) is 6.60. The molecule has 3 rings (SSSR count). The van der Waals surface area contributed by atoms with Gasteiger partial charge in [0.25, 0.3) is 0 Å². The summed E-state index contributed by atoms with van der Waals surface area (Å²) in [7, 11) is 0. The van der Waals surface area contributed by atoms with E-state index in [9.17, 15) is 9.18 Å². The number of carbonyl (C=O) groups excluding carboxylic acids is 1. The number of hydrogen-bond acceptors (Lipinski definition) is 2. The SMILES string of the molecule is CCNC(=NCc1cccc(CN2CCCC2=O)c1)NC(C)c1ccc(C)c(F)c1. The van der Waals surface area contributed by atoms with Crippen molar-refractivity contribution in [2.45, 2.75) is 52.7 Å². The molecule has 1 fully saturated rings. The van der Waals surface area contributed by atoms with Crippen molar-refractivity contribution in [3.63, 3.8) is 0 Å². The van der Waals surface area contributed by atoms with Gasteiger partial charge in [-0.05, 0) is 55.5 Å². The summed E-state index contributed by atoms with van der Waals surface area (Å²) in [6.45, 7) is 8.52. The zero-order valence-corrected chi connectivity index (χ0v) is 18.0. The summed E-state index contributed by atoms with van der Waals surface area (Å²) in [4.78, 5) is 18.5. The van der Waals surface area contributed by atoms with E-state index in [1.807, 2.05) is 36.9 Å². The largest absolute Gasteiger partial charge is 0.357 e. The summed E-state index contributed by atoms with van der Waals surface area (Å²) in [6.07, 6.45) is 1.61. The van der Waals surface area contributed by atoms with Crippen molar-refractivity contribution in [1.29, 1.82) is 0 Å². The predicted molar refractivity (Wildman–Crippen MR) is 119 cm³/mol. The molecule has 0 radical (unpaired) electrons. The molecule has 0 bridgehead atoms. The lowest BCUT2D eigenvalue weighted by molar-refractivity contribution is -0.128. The molecule has 1 aliphatic heterocycles. The number of guanidine groups is 1. The second-order valence-corrected chi connectivity index (χ2v) is 7.81. The van der Waals surface area contributed by atoms with Gasteiger partial charge in [0, 0.05) is 26.1 Å². The average molecular weight is 411 g/mol. The van der Waals surface area contributed by atoms with E-state index >= 15 is 0 Å². The third kappa shape index (κ3) is 5.81. The van der Waals surface area contributed by atoms with Gasteiger partial charge in [0.1, 0.15) is 5.82 Å². The van der Waals surface area contributed by atoms with Crippen LogP contribution in [-0.4, -0.2) is 29.9 Å². The Labute approximate surface area is 178 Å². The number of hydrogen-bond donors (Lipinski definition) is 2. The smallest absolute Gasteiger partial charge is 0.222 e. The van der Waals surface area contributed by atoms with Gasteiger partial charge >= 0.3 is 0 Å². The molecule has 0 saturated carbocycles. The number of benzene rings is 2. The van der Waals surface area contributed by atoms with Crippen molar-refractivity contribution in [3.8, 4) is 0 Å². The van der Waals surface area contributed by atoms with Crippen LogP contribution in [0, 0.1) is 12.7 Å². The van der Waals surface area contributed by atoms with Crippen molar-refractivity contribution in [1.82, 2.24) is 15.5 Å². The van der Waals surface area contributed by atoms with Crippen LogP contribution in [0.5, 0.6) is 0 Å². The molecule has 0 aromatic heterocycles. The van der Waals surface area contributed by atoms with Gasteiger partial charge in [-0.15, -0.1) is 0 Å². The highest BCUT2D eigenvalue weighted by Crippen LogP contribution is 2.17. The van der Waals surface area contributed by atoms with Crippen molar-refractivity contribution in [2.24, 2.45) is 4.99 Å². The summed E-state index contributed by atoms with van der Waals surface area (Å²) in [5.41, 5.74) is 3.73. The van der Waals surface area contributed by atoms with Crippen molar-refractivity contribution < 1.29 is 9.18 Å². The molecule has 1 amide bonds. The van der Waals surface area contributed by atoms with Crippen LogP contribution in [-0.2, 0) is 17.9 Å². The first-order valence-corrected chi connectivity index (χ1v) is 10.6. The lowest BCUT2D eigenvalue weighted by atomic mass is 10.1. The minimum Gasteiger partial charge on any atom is -0.357 e. The van der Waals surface area contributed by atoms with Crippen LogP contribution in [0.1, 0.15) is 55.0 Å². The number of rotatable bonds is 7. The molecule has 1 heterocycles. The highest BCUT2D eigenvalue weighted by molar-refractivity contribution is 5.80. The van der Waals surface area contributed by atoms with Crippen LogP contribution in [0.3, 0.4) is 0 Å². The van der Waals surface area contributed by atoms with Gasteiger partial charge in [-0.25, -0.2) is 9.38 Å². The summed E-state index contributed by atoms with van der Waals surface area (Å²) in [5.74, 6) is 0.723. The topological polar surface area (TPSA) is 56.7 Å². The van der Waals surface area contributed by atoms with Crippen molar-refractivity contribution in [2.75, 3.05) is 13.1 Å². The van der Waals surface area contributed by atoms with Crippen LogP contribution in [0.4, 0.5) is 4.39 Å². The molecule has 2 aromatic rings. The number of aliphatic imine (C=N–C) groups is 1. The minimum atomic E-state index is -0.198. The standard InChI is InChI=1S/C24H31FN4O/c1-4-26-24(28-18(3)21-11-10-17(2)22(25)14-21)27-15-19-7-5-8-20(13-19)16-29-12-6-9-23(29)30/h5,7-8,10-11,13-14,18H,4,6,9,12,15-16H2,1-3H3,(H2,26,27,28). The highest BCUT2D eigenvalue weighted by atomic mass is 19.1. The minimum absolute atomic E-state index is 0.0783. The second-order valence-electron chi connectivity index (χ2n) is 7.81. The maximum atomic E-state index is 13.9. The van der Waals surface area contributed by atoms with Crippen molar-refractivity contribution >= 4 is 11.9 Å². The molecule has 30 heavy (non-hydrogen) atoms. The average Bonchev–Trinajstić information content (AvgIpc) is 3.13. The highest BCUT2D eigenvalue weighted by Gasteiger charge is 2.19. The van der Waals surface area contributed by atoms with Crippen LogP contribution in [0.25, 0.3) is 0 Å². The van der Waals surface area contributed by atoms with E-state index < -0.39 is 0 Å². The van der Waals surface area contributed by atoms with E-state index in [4.69, 9.17) is 4.99 Å². The Kier molecular flexibility index (Phi) is 7.44. The maximum absolute atomic E-state index is 13.9. The third-order valence-corrected chi connectivity index (χ3v) is 5.35. The normalized spacial score (nSPS) is 15.4. The Morgan fingerprint density at radius 3 is 2.73 bits per heavy atom. The molecule has 0 aliphatic carbocycles. The van der Waals surface area contributed by atoms with Crippen LogP contribution in [0.2, 0.25) is 0 Å². The van der Waals surface area contributed by atoms with E-state index in [0.717, 1.165) is 36.2 Å². The van der Waals surface area contributed by atoms with Gasteiger partial charge in [0.05, 0.1) is 12.6 Å². The molecular weight excluding hydrogens is 379 g/mol. The number of aryl methyl sites for hydroxylation is 1. The molecule has 0 spiro atoms. The zero-order valence-electron chi connectivity index (χ0n) is 18.0. The Morgan fingerprint density at radius 2 is 2.03 bits per heavy atom. The van der Waals surface area contributed by atoms with Gasteiger partial charge in [-0.3, -0.25) is 4.79 Å². The first-order chi connectivity index (χ1) is 14.5.